The van der Waals surface area contributed by atoms with E-state index in [1.165, 1.54) is 4.90 Å². The molecule has 3 fully saturated rings. The number of carbonyl (C=O) groups is 3. The summed E-state index contributed by atoms with van der Waals surface area (Å²) in [4.78, 5) is 40.4. The fourth-order valence-corrected chi connectivity index (χ4v) is 6.06. The van der Waals surface area contributed by atoms with Crippen molar-refractivity contribution in [2.75, 3.05) is 11.5 Å². The van der Waals surface area contributed by atoms with Crippen molar-refractivity contribution in [3.05, 3.63) is 66.2 Å². The van der Waals surface area contributed by atoms with Crippen LogP contribution in [0.1, 0.15) is 36.5 Å². The number of anilines is 1. The summed E-state index contributed by atoms with van der Waals surface area (Å²) in [5, 5.41) is 0. The van der Waals surface area contributed by atoms with Gasteiger partial charge in [0.15, 0.2) is 0 Å². The summed E-state index contributed by atoms with van der Waals surface area (Å²) in [5.41, 5.74) is 0.870. The van der Waals surface area contributed by atoms with Crippen LogP contribution in [0.2, 0.25) is 0 Å². The van der Waals surface area contributed by atoms with Gasteiger partial charge in [-0.25, -0.2) is 4.79 Å². The molecule has 1 saturated heterocycles. The molecule has 0 aromatic heterocycles. The van der Waals surface area contributed by atoms with Gasteiger partial charge in [-0.05, 0) is 85.0 Å². The van der Waals surface area contributed by atoms with Crippen LogP contribution in [-0.4, -0.2) is 24.4 Å². The standard InChI is InChI=1S/C28H27NO5/c1-2-3-14-33-18-8-10-19(11-9-18)34-28(32)16-4-6-17(7-5-16)29-26(30)24-20-12-13-21(23-15-22(20)23)25(24)27(29)31/h4-13,20-25H,2-3,14-15H2,1H3/t20-,21-,22-,23-,24-,25+/m1/s1. The van der Waals surface area contributed by atoms with Crippen molar-refractivity contribution in [1.82, 2.24) is 0 Å². The molecule has 0 spiro atoms. The van der Waals surface area contributed by atoms with Gasteiger partial charge in [0.25, 0.3) is 0 Å². The molecule has 2 aromatic rings. The quantitative estimate of drug-likeness (QED) is 0.199. The number of rotatable bonds is 7. The van der Waals surface area contributed by atoms with Gasteiger partial charge < -0.3 is 9.47 Å². The Kier molecular flexibility index (Phi) is 5.05. The molecule has 2 aromatic carbocycles. The average molecular weight is 458 g/mol. The van der Waals surface area contributed by atoms with Crippen molar-refractivity contribution in [2.45, 2.75) is 26.2 Å². The topological polar surface area (TPSA) is 72.9 Å². The highest BCUT2D eigenvalue weighted by Crippen LogP contribution is 2.65. The van der Waals surface area contributed by atoms with Crippen molar-refractivity contribution < 1.29 is 23.9 Å². The lowest BCUT2D eigenvalue weighted by Crippen LogP contribution is -2.40. The Balaban J connectivity index is 1.13. The summed E-state index contributed by atoms with van der Waals surface area (Å²) in [5.74, 6) is 1.53. The number of nitrogens with zero attached hydrogens (tertiary/aromatic N) is 1. The fourth-order valence-electron chi connectivity index (χ4n) is 6.06. The van der Waals surface area contributed by atoms with E-state index in [-0.39, 0.29) is 35.5 Å². The molecule has 34 heavy (non-hydrogen) atoms. The minimum Gasteiger partial charge on any atom is -0.494 e. The van der Waals surface area contributed by atoms with Crippen molar-refractivity contribution >= 4 is 23.5 Å². The monoisotopic (exact) mass is 457 g/mol. The van der Waals surface area contributed by atoms with Crippen LogP contribution in [0.15, 0.2) is 60.7 Å². The predicted octanol–water partition coefficient (Wildman–Crippen LogP) is 4.64. The maximum atomic E-state index is 13.2. The third-order valence-corrected chi connectivity index (χ3v) is 7.82. The zero-order valence-electron chi connectivity index (χ0n) is 19.1. The number of imide groups is 1. The van der Waals surface area contributed by atoms with Gasteiger partial charge >= 0.3 is 5.97 Å². The molecule has 1 heterocycles. The number of ether oxygens (including phenoxy) is 2. The molecule has 1 aliphatic heterocycles. The summed E-state index contributed by atoms with van der Waals surface area (Å²) in [6, 6.07) is 13.5. The highest BCUT2D eigenvalue weighted by atomic mass is 16.5. The summed E-state index contributed by atoms with van der Waals surface area (Å²) < 4.78 is 11.1. The van der Waals surface area contributed by atoms with E-state index >= 15 is 0 Å². The summed E-state index contributed by atoms with van der Waals surface area (Å²) in [6.07, 6.45) is 7.52. The van der Waals surface area contributed by atoms with Crippen molar-refractivity contribution in [2.24, 2.45) is 35.5 Å². The predicted molar refractivity (Wildman–Crippen MR) is 125 cm³/mol. The lowest BCUT2D eigenvalue weighted by atomic mass is 9.63. The molecule has 4 aliphatic carbocycles. The lowest BCUT2D eigenvalue weighted by molar-refractivity contribution is -0.124. The molecule has 5 aliphatic rings. The highest BCUT2D eigenvalue weighted by Gasteiger charge is 2.67. The van der Waals surface area contributed by atoms with Gasteiger partial charge in [-0.2, -0.15) is 0 Å². The van der Waals surface area contributed by atoms with Gasteiger partial charge in [-0.1, -0.05) is 25.5 Å². The molecule has 0 N–H and O–H groups in total. The van der Waals surface area contributed by atoms with E-state index < -0.39 is 5.97 Å². The molecule has 6 atom stereocenters. The third kappa shape index (κ3) is 3.35. The number of hydrogen-bond donors (Lipinski definition) is 0. The molecule has 7 rings (SSSR count). The van der Waals surface area contributed by atoms with Gasteiger partial charge in [-0.15, -0.1) is 0 Å². The lowest BCUT2D eigenvalue weighted by Gasteiger charge is -2.37. The molecule has 174 valence electrons. The van der Waals surface area contributed by atoms with E-state index in [0.29, 0.717) is 35.4 Å². The van der Waals surface area contributed by atoms with Crippen LogP contribution in [0, 0.1) is 35.5 Å². The second-order valence-corrected chi connectivity index (χ2v) is 9.78. The van der Waals surface area contributed by atoms with E-state index in [1.807, 2.05) is 0 Å². The summed E-state index contributed by atoms with van der Waals surface area (Å²) in [6.45, 7) is 2.76. The van der Waals surface area contributed by atoms with E-state index in [0.717, 1.165) is 25.0 Å². The first-order valence-corrected chi connectivity index (χ1v) is 12.2. The SMILES string of the molecule is CCCCOc1ccc(OC(=O)c2ccc(N3C(=O)[C@@H]4[C@@H]5C=C[C@H]([C@H]6C[C@H]56)[C@@H]4C3=O)cc2)cc1. The molecule has 6 heteroatoms. The summed E-state index contributed by atoms with van der Waals surface area (Å²) >= 11 is 0. The largest absolute Gasteiger partial charge is 0.494 e. The van der Waals surface area contributed by atoms with Gasteiger partial charge in [0.2, 0.25) is 11.8 Å². The van der Waals surface area contributed by atoms with Crippen LogP contribution in [0.25, 0.3) is 0 Å². The van der Waals surface area contributed by atoms with Gasteiger partial charge in [0, 0.05) is 0 Å². The molecule has 2 saturated carbocycles. The van der Waals surface area contributed by atoms with E-state index in [2.05, 4.69) is 19.1 Å². The third-order valence-electron chi connectivity index (χ3n) is 7.82. The van der Waals surface area contributed by atoms with Crippen molar-refractivity contribution in [3.63, 3.8) is 0 Å². The molecule has 2 bridgehead atoms. The molecule has 2 amide bonds. The second-order valence-electron chi connectivity index (χ2n) is 9.78. The average Bonchev–Trinajstić information content (AvgIpc) is 3.64. The number of benzene rings is 2. The minimum absolute atomic E-state index is 0.101. The van der Waals surface area contributed by atoms with Crippen molar-refractivity contribution in [3.8, 4) is 11.5 Å². The Morgan fingerprint density at radius 2 is 1.47 bits per heavy atom. The van der Waals surface area contributed by atoms with E-state index in [1.54, 1.807) is 48.5 Å². The first-order valence-electron chi connectivity index (χ1n) is 12.2. The van der Waals surface area contributed by atoms with Crippen LogP contribution in [0.5, 0.6) is 11.5 Å². The maximum Gasteiger partial charge on any atom is 0.343 e. The van der Waals surface area contributed by atoms with Crippen LogP contribution in [0.3, 0.4) is 0 Å². The smallest absolute Gasteiger partial charge is 0.343 e. The van der Waals surface area contributed by atoms with Crippen molar-refractivity contribution in [1.29, 1.82) is 0 Å². The van der Waals surface area contributed by atoms with Crippen LogP contribution >= 0.6 is 0 Å². The van der Waals surface area contributed by atoms with Gasteiger partial charge in [0.1, 0.15) is 11.5 Å². The van der Waals surface area contributed by atoms with Crippen LogP contribution in [0.4, 0.5) is 5.69 Å². The van der Waals surface area contributed by atoms with E-state index in [4.69, 9.17) is 9.47 Å². The normalized spacial score (nSPS) is 30.2. The number of amides is 2. The number of carbonyl (C=O) groups excluding carboxylic acids is 3. The Morgan fingerprint density at radius 1 is 0.882 bits per heavy atom. The Morgan fingerprint density at radius 3 is 2.06 bits per heavy atom. The molecular formula is C28H27NO5. The first-order chi connectivity index (χ1) is 16.6. The maximum absolute atomic E-state index is 13.2. The number of allylic oxidation sites excluding steroid dienone is 2. The molecule has 6 nitrogen and oxygen atoms in total. The Bertz CT molecular complexity index is 1130. The number of unbranched alkanes of at least 4 members (excludes halogenated alkanes) is 1. The van der Waals surface area contributed by atoms with Crippen LogP contribution in [-0.2, 0) is 9.59 Å². The molecule has 0 unspecified atom stereocenters. The minimum atomic E-state index is -0.499. The fraction of sp³-hybridized carbons (Fsp3) is 0.393. The zero-order chi connectivity index (χ0) is 23.4. The highest BCUT2D eigenvalue weighted by molar-refractivity contribution is 6.22. The Labute approximate surface area is 198 Å². The van der Waals surface area contributed by atoms with Crippen LogP contribution < -0.4 is 14.4 Å². The van der Waals surface area contributed by atoms with Gasteiger partial charge in [-0.3, -0.25) is 14.5 Å². The molecular weight excluding hydrogens is 430 g/mol. The molecule has 0 radical (unpaired) electrons. The Hall–Kier alpha value is -3.41. The summed E-state index contributed by atoms with van der Waals surface area (Å²) in [7, 11) is 0. The van der Waals surface area contributed by atoms with E-state index in [9.17, 15) is 14.4 Å². The first kappa shape index (κ1) is 21.1. The zero-order valence-corrected chi connectivity index (χ0v) is 19.1. The second kappa shape index (κ2) is 8.12. The number of hydrogen-bond acceptors (Lipinski definition) is 5. The van der Waals surface area contributed by atoms with Gasteiger partial charge in [0.05, 0.1) is 29.7 Å². The number of esters is 1.